The maximum atomic E-state index is 7.57. The molecule has 0 unspecified atom stereocenters. The van der Waals surface area contributed by atoms with E-state index in [0.29, 0.717) is 0 Å². The van der Waals surface area contributed by atoms with Crippen molar-refractivity contribution in [3.8, 4) is 0 Å². The normalized spacial score (nSPS) is 4.00. The number of hydrogen-bond acceptors (Lipinski definition) is 3. The molecule has 0 bridgehead atoms. The van der Waals surface area contributed by atoms with Crippen LogP contribution in [0.3, 0.4) is 0 Å². The molecule has 0 aliphatic heterocycles. The highest BCUT2D eigenvalue weighted by atomic mass is 16.2. The lowest BCUT2D eigenvalue weighted by Gasteiger charge is -1.52. The van der Waals surface area contributed by atoms with Crippen molar-refractivity contribution in [3.05, 3.63) is 0 Å². The minimum atomic E-state index is 0.250. The molecule has 30 valence electrons. The van der Waals surface area contributed by atoms with Crippen LogP contribution in [-0.2, 0) is 0 Å². The molecule has 0 heterocycles. The molecule has 0 fully saturated rings. The fraction of sp³-hybridized carbons (Fsp3) is 1.00. The van der Waals surface area contributed by atoms with Gasteiger partial charge < -0.3 is 5.11 Å². The second-order valence-corrected chi connectivity index (χ2v) is 0.316. The Labute approximate surface area is 30.7 Å². The van der Waals surface area contributed by atoms with Gasteiger partial charge in [-0.1, -0.05) is 0 Å². The summed E-state index contributed by atoms with van der Waals surface area (Å²) in [4.78, 5) is 0. The zero-order valence-electron chi connectivity index (χ0n) is 3.05. The van der Waals surface area contributed by atoms with Gasteiger partial charge in [-0.3, -0.25) is 0 Å². The summed E-state index contributed by atoms with van der Waals surface area (Å²) in [7, 11) is 0. The molecule has 0 aromatic heterocycles. The molecule has 5 heavy (non-hydrogen) atoms. The molecule has 3 heteroatoms. The molecule has 0 aromatic carbocycles. The molecular weight excluding hydrogens is 68.0 g/mol. The van der Waals surface area contributed by atoms with Crippen molar-refractivity contribution in [2.24, 2.45) is 0 Å². The SMILES string of the molecule is CCO.N#N. The Bertz CT molecular complexity index is 18.9. The summed E-state index contributed by atoms with van der Waals surface area (Å²) in [6.45, 7) is 1.93. The quantitative estimate of drug-likeness (QED) is 0.412. The monoisotopic (exact) mass is 74.0 g/mol. The first-order valence-electron chi connectivity index (χ1n) is 1.22. The average Bonchev–Trinajstić information content (AvgIpc) is 1.46. The van der Waals surface area contributed by atoms with Crippen LogP contribution in [0, 0.1) is 10.8 Å². The second-order valence-electron chi connectivity index (χ2n) is 0.316. The highest BCUT2D eigenvalue weighted by molar-refractivity contribution is 3.84. The molecule has 0 saturated heterocycles. The molecule has 0 radical (unpaired) electrons. The lowest BCUT2D eigenvalue weighted by atomic mass is 10.9. The molecule has 0 rings (SSSR count). The number of nitrogens with zero attached hydrogens (tertiary/aromatic N) is 2. The summed E-state index contributed by atoms with van der Waals surface area (Å²) < 4.78 is 0. The van der Waals surface area contributed by atoms with E-state index in [1.807, 2.05) is 0 Å². The van der Waals surface area contributed by atoms with Crippen LogP contribution in [0.5, 0.6) is 0 Å². The van der Waals surface area contributed by atoms with Crippen molar-refractivity contribution in [1.29, 1.82) is 10.8 Å². The molecule has 0 atom stereocenters. The smallest absolute Gasteiger partial charge is 0.0402 e. The van der Waals surface area contributed by atoms with Gasteiger partial charge in [0.1, 0.15) is 0 Å². The molecule has 0 aliphatic rings. The highest BCUT2D eigenvalue weighted by Gasteiger charge is 1.34. The zero-order valence-corrected chi connectivity index (χ0v) is 3.05. The largest absolute Gasteiger partial charge is 0.397 e. The van der Waals surface area contributed by atoms with E-state index in [4.69, 9.17) is 15.9 Å². The van der Waals surface area contributed by atoms with E-state index in [-0.39, 0.29) is 6.61 Å². The lowest BCUT2D eigenvalue weighted by molar-refractivity contribution is 0.318. The number of rotatable bonds is 0. The van der Waals surface area contributed by atoms with Crippen LogP contribution in [0.25, 0.3) is 0 Å². The van der Waals surface area contributed by atoms with Gasteiger partial charge in [-0.25, -0.2) is 0 Å². The van der Waals surface area contributed by atoms with Crippen LogP contribution in [0.4, 0.5) is 0 Å². The highest BCUT2D eigenvalue weighted by Crippen LogP contribution is 1.30. The summed E-state index contributed by atoms with van der Waals surface area (Å²) in [6, 6.07) is 0. The summed E-state index contributed by atoms with van der Waals surface area (Å²) in [5, 5.41) is 19.6. The van der Waals surface area contributed by atoms with Gasteiger partial charge in [-0.2, -0.15) is 0 Å². The molecule has 1 N–H and O–H groups in total. The van der Waals surface area contributed by atoms with Crippen LogP contribution < -0.4 is 0 Å². The van der Waals surface area contributed by atoms with Gasteiger partial charge in [0.25, 0.3) is 0 Å². The maximum Gasteiger partial charge on any atom is 0.0402 e. The van der Waals surface area contributed by atoms with Crippen LogP contribution in [0.1, 0.15) is 6.92 Å². The van der Waals surface area contributed by atoms with E-state index < -0.39 is 0 Å². The van der Waals surface area contributed by atoms with Crippen molar-refractivity contribution in [3.63, 3.8) is 0 Å². The minimum absolute atomic E-state index is 0.250. The van der Waals surface area contributed by atoms with Crippen molar-refractivity contribution >= 4 is 0 Å². The second kappa shape index (κ2) is 133. The van der Waals surface area contributed by atoms with Crippen molar-refractivity contribution in [2.45, 2.75) is 6.92 Å². The van der Waals surface area contributed by atoms with E-state index in [2.05, 4.69) is 0 Å². The van der Waals surface area contributed by atoms with Crippen molar-refractivity contribution in [1.82, 2.24) is 0 Å². The molecule has 0 aliphatic carbocycles. The Morgan fingerprint density at radius 3 is 1.60 bits per heavy atom. The fourth-order valence-electron chi connectivity index (χ4n) is 0. The molecule has 0 amide bonds. The van der Waals surface area contributed by atoms with Crippen molar-refractivity contribution < 1.29 is 5.11 Å². The van der Waals surface area contributed by atoms with Gasteiger partial charge >= 0.3 is 0 Å². The molecular formula is C2H6N2O. The van der Waals surface area contributed by atoms with Gasteiger partial charge in [0.2, 0.25) is 0 Å². The van der Waals surface area contributed by atoms with E-state index >= 15 is 0 Å². The van der Waals surface area contributed by atoms with E-state index in [9.17, 15) is 0 Å². The Morgan fingerprint density at radius 2 is 1.60 bits per heavy atom. The van der Waals surface area contributed by atoms with Crippen LogP contribution >= 0.6 is 0 Å². The van der Waals surface area contributed by atoms with Gasteiger partial charge in [-0.15, -0.1) is 0 Å². The first-order valence-corrected chi connectivity index (χ1v) is 1.22. The summed E-state index contributed by atoms with van der Waals surface area (Å²) >= 11 is 0. The van der Waals surface area contributed by atoms with Gasteiger partial charge in [0.05, 0.1) is 0 Å². The predicted molar refractivity (Wildman–Crippen MR) is 16.2 cm³/mol. The Hall–Kier alpha value is -0.620. The van der Waals surface area contributed by atoms with Gasteiger partial charge in [-0.05, 0) is 6.92 Å². The first-order chi connectivity index (χ1) is 2.41. The van der Waals surface area contributed by atoms with Crippen LogP contribution in [-0.4, -0.2) is 11.7 Å². The Balaban J connectivity index is 0. The number of hydrogen-bond donors (Lipinski definition) is 1. The number of aliphatic hydroxyl groups excluding tert-OH is 1. The zero-order chi connectivity index (χ0) is 4.71. The third-order valence-electron chi connectivity index (χ3n) is 0. The van der Waals surface area contributed by atoms with E-state index in [1.165, 1.54) is 0 Å². The third-order valence-corrected chi connectivity index (χ3v) is 0. The standard InChI is InChI=1S/C2H6O.N2/c1-2-3;1-2/h3H,2H2,1H3;. The van der Waals surface area contributed by atoms with E-state index in [1.54, 1.807) is 6.92 Å². The topological polar surface area (TPSA) is 67.8 Å². The summed E-state index contributed by atoms with van der Waals surface area (Å²) in [6.07, 6.45) is 0. The summed E-state index contributed by atoms with van der Waals surface area (Å²) in [5.41, 5.74) is 0. The molecule has 0 aromatic rings. The Kier molecular flexibility index (Phi) is 234. The maximum absolute atomic E-state index is 7.57. The lowest BCUT2D eigenvalue weighted by Crippen LogP contribution is -1.57. The molecule has 3 nitrogen and oxygen atoms in total. The van der Waals surface area contributed by atoms with Gasteiger partial charge in [0, 0.05) is 17.4 Å². The fourth-order valence-corrected chi connectivity index (χ4v) is 0. The Morgan fingerprint density at radius 1 is 1.60 bits per heavy atom. The predicted octanol–water partition coefficient (Wildman–Crippen LogP) is 0.0288. The van der Waals surface area contributed by atoms with Crippen LogP contribution in [0.2, 0.25) is 0 Å². The summed E-state index contributed by atoms with van der Waals surface area (Å²) in [5.74, 6) is 0. The van der Waals surface area contributed by atoms with Crippen LogP contribution in [0.15, 0.2) is 0 Å². The molecule has 0 spiro atoms. The van der Waals surface area contributed by atoms with E-state index in [0.717, 1.165) is 0 Å². The van der Waals surface area contributed by atoms with Crippen molar-refractivity contribution in [2.75, 3.05) is 6.61 Å². The first kappa shape index (κ1) is 8.83. The van der Waals surface area contributed by atoms with Gasteiger partial charge in [0.15, 0.2) is 0 Å². The molecule has 0 saturated carbocycles. The number of aliphatic hydroxyl groups is 1. The third kappa shape index (κ3) is 16.7. The minimum Gasteiger partial charge on any atom is -0.397 e. The average molecular weight is 74.1 g/mol.